The maximum absolute atomic E-state index is 5.58. The van der Waals surface area contributed by atoms with Gasteiger partial charge in [0.15, 0.2) is 0 Å². The number of tetrazole rings is 1. The van der Waals surface area contributed by atoms with Gasteiger partial charge in [-0.1, -0.05) is 0 Å². The molecule has 6 heteroatoms. The first kappa shape index (κ1) is 6.71. The van der Waals surface area contributed by atoms with Crippen molar-refractivity contribution in [3.63, 3.8) is 0 Å². The molecule has 12 heavy (non-hydrogen) atoms. The highest BCUT2D eigenvalue weighted by Gasteiger charge is 2.01. The number of aromatic nitrogens is 5. The zero-order valence-electron chi connectivity index (χ0n) is 6.12. The van der Waals surface area contributed by atoms with Gasteiger partial charge in [-0.15, -0.1) is 5.10 Å². The summed E-state index contributed by atoms with van der Waals surface area (Å²) in [6.07, 6.45) is 3.08. The molecule has 2 rings (SSSR count). The van der Waals surface area contributed by atoms with Gasteiger partial charge in [-0.2, -0.15) is 4.68 Å². The summed E-state index contributed by atoms with van der Waals surface area (Å²) in [5, 5.41) is 10.7. The van der Waals surface area contributed by atoms with Crippen LogP contribution in [0.3, 0.4) is 0 Å². The van der Waals surface area contributed by atoms with E-state index >= 15 is 0 Å². The van der Waals surface area contributed by atoms with Gasteiger partial charge in [0, 0.05) is 6.20 Å². The van der Waals surface area contributed by atoms with Crippen LogP contribution in [-0.4, -0.2) is 25.2 Å². The highest BCUT2D eigenvalue weighted by molar-refractivity contribution is 5.50. The molecule has 0 fully saturated rings. The van der Waals surface area contributed by atoms with Crippen molar-refractivity contribution in [1.29, 1.82) is 0 Å². The molecule has 2 aromatic heterocycles. The second kappa shape index (κ2) is 2.57. The standard InChI is InChI=1S/C6H6N6/c7-6-5(2-1-3-8-6)12-4-9-10-11-12/h1-4H,(H2,7,8). The lowest BCUT2D eigenvalue weighted by Crippen LogP contribution is -2.01. The van der Waals surface area contributed by atoms with Gasteiger partial charge in [0.25, 0.3) is 0 Å². The zero-order valence-corrected chi connectivity index (χ0v) is 6.12. The smallest absolute Gasteiger partial charge is 0.149 e. The monoisotopic (exact) mass is 162 g/mol. The van der Waals surface area contributed by atoms with E-state index in [9.17, 15) is 0 Å². The molecule has 0 aliphatic rings. The summed E-state index contributed by atoms with van der Waals surface area (Å²) in [6.45, 7) is 0. The average Bonchev–Trinajstić information content (AvgIpc) is 2.57. The average molecular weight is 162 g/mol. The van der Waals surface area contributed by atoms with Crippen LogP contribution in [0.15, 0.2) is 24.7 Å². The van der Waals surface area contributed by atoms with Crippen LogP contribution in [0, 0.1) is 0 Å². The number of nitrogen functional groups attached to an aromatic ring is 1. The third kappa shape index (κ3) is 0.986. The third-order valence-corrected chi connectivity index (χ3v) is 1.41. The molecule has 2 N–H and O–H groups in total. The van der Waals surface area contributed by atoms with Gasteiger partial charge in [0.05, 0.1) is 0 Å². The maximum atomic E-state index is 5.58. The third-order valence-electron chi connectivity index (χ3n) is 1.41. The van der Waals surface area contributed by atoms with E-state index < -0.39 is 0 Å². The summed E-state index contributed by atoms with van der Waals surface area (Å²) in [7, 11) is 0. The lowest BCUT2D eigenvalue weighted by molar-refractivity contribution is 0.788. The fourth-order valence-electron chi connectivity index (χ4n) is 0.874. The first-order valence-corrected chi connectivity index (χ1v) is 3.32. The van der Waals surface area contributed by atoms with Crippen LogP contribution in [0.25, 0.3) is 5.69 Å². The Balaban J connectivity index is 2.55. The highest BCUT2D eigenvalue weighted by Crippen LogP contribution is 2.09. The number of anilines is 1. The van der Waals surface area contributed by atoms with Gasteiger partial charge >= 0.3 is 0 Å². The van der Waals surface area contributed by atoms with E-state index in [-0.39, 0.29) is 0 Å². The fourth-order valence-corrected chi connectivity index (χ4v) is 0.874. The Kier molecular flexibility index (Phi) is 1.44. The van der Waals surface area contributed by atoms with Gasteiger partial charge < -0.3 is 5.73 Å². The van der Waals surface area contributed by atoms with E-state index in [4.69, 9.17) is 5.73 Å². The van der Waals surface area contributed by atoms with Crippen LogP contribution >= 0.6 is 0 Å². The topological polar surface area (TPSA) is 82.5 Å². The Morgan fingerprint density at radius 3 is 3.00 bits per heavy atom. The summed E-state index contributed by atoms with van der Waals surface area (Å²) >= 11 is 0. The summed E-state index contributed by atoms with van der Waals surface area (Å²) in [5.74, 6) is 0.407. The molecule has 2 aromatic rings. The van der Waals surface area contributed by atoms with Crippen LogP contribution < -0.4 is 5.73 Å². The molecule has 2 heterocycles. The Bertz CT molecular complexity index is 367. The van der Waals surface area contributed by atoms with Gasteiger partial charge in [-0.05, 0) is 22.6 Å². The molecule has 0 saturated heterocycles. The van der Waals surface area contributed by atoms with E-state index in [0.29, 0.717) is 11.5 Å². The van der Waals surface area contributed by atoms with Crippen LogP contribution in [0.5, 0.6) is 0 Å². The zero-order chi connectivity index (χ0) is 8.39. The Labute approximate surface area is 68.0 Å². The number of nitrogens with two attached hydrogens (primary N) is 1. The SMILES string of the molecule is Nc1ncccc1-n1cnnn1. The van der Waals surface area contributed by atoms with Crippen molar-refractivity contribution in [2.45, 2.75) is 0 Å². The van der Waals surface area contributed by atoms with Crippen LogP contribution in [0.2, 0.25) is 0 Å². The van der Waals surface area contributed by atoms with Gasteiger partial charge in [0.1, 0.15) is 17.8 Å². The molecule has 0 amide bonds. The van der Waals surface area contributed by atoms with E-state index in [1.165, 1.54) is 11.0 Å². The molecule has 60 valence electrons. The molecule has 0 saturated carbocycles. The van der Waals surface area contributed by atoms with Crippen LogP contribution in [0.4, 0.5) is 5.82 Å². The Morgan fingerprint density at radius 2 is 2.33 bits per heavy atom. The molecular weight excluding hydrogens is 156 g/mol. The van der Waals surface area contributed by atoms with E-state index in [0.717, 1.165) is 0 Å². The Morgan fingerprint density at radius 1 is 1.42 bits per heavy atom. The second-order valence-electron chi connectivity index (χ2n) is 2.16. The minimum atomic E-state index is 0.407. The number of hydrogen-bond acceptors (Lipinski definition) is 5. The number of nitrogens with zero attached hydrogens (tertiary/aromatic N) is 5. The maximum Gasteiger partial charge on any atom is 0.149 e. The van der Waals surface area contributed by atoms with Crippen molar-refractivity contribution in [3.05, 3.63) is 24.7 Å². The van der Waals surface area contributed by atoms with E-state index in [1.807, 2.05) is 0 Å². The lowest BCUT2D eigenvalue weighted by atomic mass is 10.4. The largest absolute Gasteiger partial charge is 0.382 e. The summed E-state index contributed by atoms with van der Waals surface area (Å²) in [5.41, 5.74) is 6.27. The van der Waals surface area contributed by atoms with E-state index in [2.05, 4.69) is 20.5 Å². The lowest BCUT2D eigenvalue weighted by Gasteiger charge is -2.00. The fraction of sp³-hybridized carbons (Fsp3) is 0. The molecule has 0 aromatic carbocycles. The summed E-state index contributed by atoms with van der Waals surface area (Å²) in [6, 6.07) is 3.56. The van der Waals surface area contributed by atoms with Crippen molar-refractivity contribution in [2.24, 2.45) is 0 Å². The molecule has 6 nitrogen and oxygen atoms in total. The first-order chi connectivity index (χ1) is 5.88. The van der Waals surface area contributed by atoms with E-state index in [1.54, 1.807) is 18.3 Å². The number of pyridine rings is 1. The first-order valence-electron chi connectivity index (χ1n) is 3.32. The van der Waals surface area contributed by atoms with Crippen molar-refractivity contribution in [1.82, 2.24) is 25.2 Å². The van der Waals surface area contributed by atoms with Crippen molar-refractivity contribution in [2.75, 3.05) is 5.73 Å². The van der Waals surface area contributed by atoms with Crippen LogP contribution in [0.1, 0.15) is 0 Å². The molecule has 0 unspecified atom stereocenters. The minimum absolute atomic E-state index is 0.407. The van der Waals surface area contributed by atoms with Crippen LogP contribution in [-0.2, 0) is 0 Å². The quantitative estimate of drug-likeness (QED) is 0.619. The number of hydrogen-bond donors (Lipinski definition) is 1. The van der Waals surface area contributed by atoms with Crippen molar-refractivity contribution in [3.8, 4) is 5.69 Å². The molecule has 0 spiro atoms. The van der Waals surface area contributed by atoms with Gasteiger partial charge in [-0.3, -0.25) is 0 Å². The molecule has 0 aliphatic carbocycles. The predicted octanol–water partition coefficient (Wildman–Crippen LogP) is -0.361. The van der Waals surface area contributed by atoms with Crippen molar-refractivity contribution >= 4 is 5.82 Å². The Hall–Kier alpha value is -1.98. The van der Waals surface area contributed by atoms with Gasteiger partial charge in [-0.25, -0.2) is 4.98 Å². The number of rotatable bonds is 1. The molecule has 0 radical (unpaired) electrons. The predicted molar refractivity (Wildman–Crippen MR) is 41.4 cm³/mol. The van der Waals surface area contributed by atoms with Gasteiger partial charge in [0.2, 0.25) is 0 Å². The van der Waals surface area contributed by atoms with Crippen molar-refractivity contribution < 1.29 is 0 Å². The highest BCUT2D eigenvalue weighted by atomic mass is 15.5. The molecule has 0 atom stereocenters. The molecule has 0 bridgehead atoms. The second-order valence-corrected chi connectivity index (χ2v) is 2.16. The minimum Gasteiger partial charge on any atom is -0.382 e. The molecule has 0 aliphatic heterocycles. The normalized spacial score (nSPS) is 10.0. The summed E-state index contributed by atoms with van der Waals surface area (Å²) in [4.78, 5) is 3.90. The summed E-state index contributed by atoms with van der Waals surface area (Å²) < 4.78 is 1.46. The molecular formula is C6H6N6.